The van der Waals surface area contributed by atoms with E-state index in [1.54, 1.807) is 7.11 Å². The molecule has 0 unspecified atom stereocenters. The molecular formula is C9H19NO5. The maximum atomic E-state index is 11.0. The summed E-state index contributed by atoms with van der Waals surface area (Å²) in [6.45, 7) is 0.970. The predicted octanol–water partition coefficient (Wildman–Crippen LogP) is -0.244. The lowest BCUT2D eigenvalue weighted by Crippen LogP contribution is -2.31. The quantitative estimate of drug-likeness (QED) is 0.553. The Kier molecular flexibility index (Phi) is 9.15. The molecule has 0 saturated carbocycles. The second kappa shape index (κ2) is 9.70. The number of nitrogens with one attached hydrogen (secondary N) is 1. The molecule has 0 aromatic carbocycles. The van der Waals surface area contributed by atoms with E-state index in [-0.39, 0.29) is 19.3 Å². The first-order chi connectivity index (χ1) is 7.24. The number of rotatable bonds is 8. The zero-order chi connectivity index (χ0) is 11.5. The Morgan fingerprint density at radius 1 is 1.40 bits per heavy atom. The molecule has 0 spiro atoms. The number of carbonyl (C=O) groups excluding carboxylic acids is 1. The van der Waals surface area contributed by atoms with Crippen LogP contribution >= 0.6 is 0 Å². The molecule has 0 aliphatic heterocycles. The van der Waals surface area contributed by atoms with Crippen molar-refractivity contribution < 1.29 is 24.1 Å². The summed E-state index contributed by atoms with van der Waals surface area (Å²) in [5.74, 6) is 0. The Labute approximate surface area is 89.5 Å². The number of carbonyl (C=O) groups is 1. The molecule has 0 fully saturated rings. The fourth-order valence-corrected chi connectivity index (χ4v) is 0.859. The Balaban J connectivity index is 3.50. The van der Waals surface area contributed by atoms with Crippen LogP contribution < -0.4 is 5.32 Å². The highest BCUT2D eigenvalue weighted by Crippen LogP contribution is 1.92. The third kappa shape index (κ3) is 8.17. The van der Waals surface area contributed by atoms with Crippen molar-refractivity contribution >= 4 is 6.09 Å². The standard InChI is InChI=1S/C9H19NO5/c1-13-6-8(14-2)7-15-9(12)10-4-3-5-11/h8,11H,3-7H2,1-2H3,(H,10,12)/t8-/m1/s1. The minimum Gasteiger partial charge on any atom is -0.447 e. The van der Waals surface area contributed by atoms with Crippen LogP contribution in [0.5, 0.6) is 0 Å². The maximum Gasteiger partial charge on any atom is 0.407 e. The molecule has 0 rings (SSSR count). The minimum atomic E-state index is -0.512. The van der Waals surface area contributed by atoms with Gasteiger partial charge in [0.05, 0.1) is 6.61 Å². The van der Waals surface area contributed by atoms with Gasteiger partial charge in [0.15, 0.2) is 0 Å². The summed E-state index contributed by atoms with van der Waals surface area (Å²) in [6, 6.07) is 0. The summed E-state index contributed by atoms with van der Waals surface area (Å²) in [6.07, 6.45) is -0.249. The summed E-state index contributed by atoms with van der Waals surface area (Å²) in [7, 11) is 3.07. The van der Waals surface area contributed by atoms with E-state index < -0.39 is 6.09 Å². The van der Waals surface area contributed by atoms with E-state index in [1.165, 1.54) is 7.11 Å². The largest absolute Gasteiger partial charge is 0.447 e. The fraction of sp³-hybridized carbons (Fsp3) is 0.889. The van der Waals surface area contributed by atoms with Crippen molar-refractivity contribution in [3.05, 3.63) is 0 Å². The Morgan fingerprint density at radius 3 is 2.67 bits per heavy atom. The van der Waals surface area contributed by atoms with Gasteiger partial charge in [-0.3, -0.25) is 0 Å². The van der Waals surface area contributed by atoms with Crippen LogP contribution in [0.25, 0.3) is 0 Å². The lowest BCUT2D eigenvalue weighted by Gasteiger charge is -2.14. The number of ether oxygens (including phenoxy) is 3. The monoisotopic (exact) mass is 221 g/mol. The lowest BCUT2D eigenvalue weighted by molar-refractivity contribution is -0.0112. The molecule has 15 heavy (non-hydrogen) atoms. The van der Waals surface area contributed by atoms with E-state index in [0.29, 0.717) is 19.6 Å². The van der Waals surface area contributed by atoms with Gasteiger partial charge >= 0.3 is 6.09 Å². The van der Waals surface area contributed by atoms with E-state index in [9.17, 15) is 4.79 Å². The van der Waals surface area contributed by atoms with Gasteiger partial charge in [-0.15, -0.1) is 0 Å². The van der Waals surface area contributed by atoms with E-state index in [2.05, 4.69) is 5.32 Å². The SMILES string of the molecule is COC[C@H](COC(=O)NCCCO)OC. The number of amides is 1. The van der Waals surface area contributed by atoms with Crippen LogP contribution in [0.15, 0.2) is 0 Å². The van der Waals surface area contributed by atoms with Crippen molar-refractivity contribution in [2.75, 3.05) is 40.6 Å². The maximum absolute atomic E-state index is 11.0. The van der Waals surface area contributed by atoms with E-state index >= 15 is 0 Å². The summed E-state index contributed by atoms with van der Waals surface area (Å²) in [4.78, 5) is 11.0. The van der Waals surface area contributed by atoms with Crippen molar-refractivity contribution in [2.24, 2.45) is 0 Å². The zero-order valence-corrected chi connectivity index (χ0v) is 9.19. The molecule has 1 atom stereocenters. The van der Waals surface area contributed by atoms with E-state index in [1.807, 2.05) is 0 Å². The van der Waals surface area contributed by atoms with Crippen molar-refractivity contribution in [3.63, 3.8) is 0 Å². The van der Waals surface area contributed by atoms with Crippen molar-refractivity contribution in [1.29, 1.82) is 0 Å². The molecule has 0 aliphatic carbocycles. The van der Waals surface area contributed by atoms with Crippen LogP contribution in [0, 0.1) is 0 Å². The van der Waals surface area contributed by atoms with Gasteiger partial charge in [0.1, 0.15) is 12.7 Å². The number of aliphatic hydroxyl groups is 1. The van der Waals surface area contributed by atoms with Gasteiger partial charge in [0.25, 0.3) is 0 Å². The van der Waals surface area contributed by atoms with Crippen LogP contribution in [-0.4, -0.2) is 57.9 Å². The second-order valence-electron chi connectivity index (χ2n) is 2.92. The predicted molar refractivity (Wildman–Crippen MR) is 53.7 cm³/mol. The van der Waals surface area contributed by atoms with Crippen molar-refractivity contribution in [3.8, 4) is 0 Å². The molecule has 0 saturated heterocycles. The molecule has 90 valence electrons. The van der Waals surface area contributed by atoms with E-state index in [0.717, 1.165) is 0 Å². The number of hydrogen-bond acceptors (Lipinski definition) is 5. The van der Waals surface area contributed by atoms with Gasteiger partial charge < -0.3 is 24.6 Å². The summed E-state index contributed by atoms with van der Waals surface area (Å²) in [5.41, 5.74) is 0. The molecule has 0 aliphatic rings. The molecule has 0 aromatic heterocycles. The summed E-state index contributed by atoms with van der Waals surface area (Å²) < 4.78 is 14.7. The highest BCUT2D eigenvalue weighted by molar-refractivity contribution is 5.67. The first-order valence-electron chi connectivity index (χ1n) is 4.77. The minimum absolute atomic E-state index is 0.0463. The summed E-state index contributed by atoms with van der Waals surface area (Å²) >= 11 is 0. The molecule has 6 heteroatoms. The average Bonchev–Trinajstić information content (AvgIpc) is 2.24. The normalized spacial score (nSPS) is 12.2. The van der Waals surface area contributed by atoms with Gasteiger partial charge in [-0.05, 0) is 6.42 Å². The van der Waals surface area contributed by atoms with Gasteiger partial charge in [-0.2, -0.15) is 0 Å². The van der Waals surface area contributed by atoms with Crippen LogP contribution in [0.2, 0.25) is 0 Å². The molecule has 0 bridgehead atoms. The second-order valence-corrected chi connectivity index (χ2v) is 2.92. The van der Waals surface area contributed by atoms with Crippen LogP contribution in [-0.2, 0) is 14.2 Å². The third-order valence-electron chi connectivity index (χ3n) is 1.69. The molecule has 1 amide bonds. The smallest absolute Gasteiger partial charge is 0.407 e. The van der Waals surface area contributed by atoms with Crippen molar-refractivity contribution in [2.45, 2.75) is 12.5 Å². The molecular weight excluding hydrogens is 202 g/mol. The number of methoxy groups -OCH3 is 2. The van der Waals surface area contributed by atoms with Crippen LogP contribution in [0.1, 0.15) is 6.42 Å². The highest BCUT2D eigenvalue weighted by Gasteiger charge is 2.09. The Morgan fingerprint density at radius 2 is 2.13 bits per heavy atom. The lowest BCUT2D eigenvalue weighted by atomic mass is 10.4. The first-order valence-corrected chi connectivity index (χ1v) is 4.77. The molecule has 0 radical (unpaired) electrons. The van der Waals surface area contributed by atoms with Gasteiger partial charge in [0, 0.05) is 27.4 Å². The van der Waals surface area contributed by atoms with Crippen LogP contribution in [0.3, 0.4) is 0 Å². The molecule has 2 N–H and O–H groups in total. The topological polar surface area (TPSA) is 77.0 Å². The fourth-order valence-electron chi connectivity index (χ4n) is 0.859. The number of alkyl carbamates (subject to hydrolysis) is 1. The third-order valence-corrected chi connectivity index (χ3v) is 1.69. The average molecular weight is 221 g/mol. The zero-order valence-electron chi connectivity index (χ0n) is 9.19. The number of aliphatic hydroxyl groups excluding tert-OH is 1. The van der Waals surface area contributed by atoms with Gasteiger partial charge in [0.2, 0.25) is 0 Å². The molecule has 0 heterocycles. The highest BCUT2D eigenvalue weighted by atomic mass is 16.6. The molecule has 6 nitrogen and oxygen atoms in total. The Hall–Kier alpha value is -0.850. The van der Waals surface area contributed by atoms with Gasteiger partial charge in [-0.1, -0.05) is 0 Å². The number of hydrogen-bond donors (Lipinski definition) is 2. The molecule has 0 aromatic rings. The first kappa shape index (κ1) is 14.2. The van der Waals surface area contributed by atoms with E-state index in [4.69, 9.17) is 19.3 Å². The van der Waals surface area contributed by atoms with Gasteiger partial charge in [-0.25, -0.2) is 4.79 Å². The van der Waals surface area contributed by atoms with Crippen molar-refractivity contribution in [1.82, 2.24) is 5.32 Å². The summed E-state index contributed by atoms with van der Waals surface area (Å²) in [5, 5.41) is 11.0. The Bertz CT molecular complexity index is 165. The van der Waals surface area contributed by atoms with Crippen LogP contribution in [0.4, 0.5) is 4.79 Å².